The van der Waals surface area contributed by atoms with Crippen molar-refractivity contribution < 1.29 is 19.4 Å². The molecule has 238 valence electrons. The molecule has 0 spiro atoms. The van der Waals surface area contributed by atoms with Crippen molar-refractivity contribution in [3.05, 3.63) is 64.2 Å². The van der Waals surface area contributed by atoms with Crippen LogP contribution < -0.4 is 4.74 Å². The van der Waals surface area contributed by atoms with Gasteiger partial charge < -0.3 is 19.4 Å². The largest absolute Gasteiger partial charge is 0.491 e. The van der Waals surface area contributed by atoms with E-state index in [1.165, 1.54) is 22.3 Å². The summed E-state index contributed by atoms with van der Waals surface area (Å²) in [5, 5.41) is 19.3. The Kier molecular flexibility index (Phi) is 12.9. The third-order valence-corrected chi connectivity index (χ3v) is 14.3. The Balaban J connectivity index is 2.28. The Hall–Kier alpha value is -1.66. The lowest BCUT2D eigenvalue weighted by Crippen LogP contribution is -2.47. The Labute approximate surface area is 259 Å². The van der Waals surface area contributed by atoms with Gasteiger partial charge >= 0.3 is 0 Å². The second-order valence-corrected chi connectivity index (χ2v) is 19.8. The van der Waals surface area contributed by atoms with Crippen LogP contribution in [0.4, 0.5) is 0 Å². The third-order valence-electron chi connectivity index (χ3n) is 9.84. The van der Waals surface area contributed by atoms with Crippen molar-refractivity contribution in [1.82, 2.24) is 0 Å². The molecule has 0 saturated carbocycles. The SMILES string of the molecule is CCC(CC)(c1ccc(CCC(O[Si](C)(C)C(C)(C)C)C(C)(C)C)c(C)c1)c1ccc(OC[C@@H](O)CCCO)c(C)c1. The van der Waals surface area contributed by atoms with Crippen molar-refractivity contribution in [2.75, 3.05) is 13.2 Å². The fourth-order valence-corrected chi connectivity index (χ4v) is 7.24. The van der Waals surface area contributed by atoms with Crippen LogP contribution in [0.2, 0.25) is 18.1 Å². The second kappa shape index (κ2) is 14.9. The average molecular weight is 599 g/mol. The molecule has 2 atom stereocenters. The van der Waals surface area contributed by atoms with Gasteiger partial charge in [0.1, 0.15) is 12.4 Å². The van der Waals surface area contributed by atoms with Crippen LogP contribution >= 0.6 is 0 Å². The van der Waals surface area contributed by atoms with E-state index in [9.17, 15) is 5.11 Å². The summed E-state index contributed by atoms with van der Waals surface area (Å²) >= 11 is 0. The molecule has 0 radical (unpaired) electrons. The third kappa shape index (κ3) is 9.17. The smallest absolute Gasteiger partial charge is 0.192 e. The van der Waals surface area contributed by atoms with E-state index in [1.54, 1.807) is 0 Å². The molecule has 2 aromatic carbocycles. The molecule has 0 aromatic heterocycles. The topological polar surface area (TPSA) is 58.9 Å². The highest BCUT2D eigenvalue weighted by atomic mass is 28.4. The minimum absolute atomic E-state index is 0.0768. The number of aliphatic hydroxyl groups excluding tert-OH is 2. The Morgan fingerprint density at radius 2 is 1.40 bits per heavy atom. The summed E-state index contributed by atoms with van der Waals surface area (Å²) in [5.41, 5.74) is 6.53. The number of ether oxygens (including phenoxy) is 1. The summed E-state index contributed by atoms with van der Waals surface area (Å²) in [6.45, 7) is 27.9. The molecule has 4 nitrogen and oxygen atoms in total. The highest BCUT2D eigenvalue weighted by Crippen LogP contribution is 2.42. The monoisotopic (exact) mass is 598 g/mol. The molecule has 0 amide bonds. The van der Waals surface area contributed by atoms with Gasteiger partial charge in [0.2, 0.25) is 0 Å². The molecule has 42 heavy (non-hydrogen) atoms. The lowest BCUT2D eigenvalue weighted by molar-refractivity contribution is 0.0657. The average Bonchev–Trinajstić information content (AvgIpc) is 2.89. The second-order valence-electron chi connectivity index (χ2n) is 15.0. The van der Waals surface area contributed by atoms with Crippen molar-refractivity contribution in [1.29, 1.82) is 0 Å². The van der Waals surface area contributed by atoms with Gasteiger partial charge in [-0.1, -0.05) is 85.7 Å². The Bertz CT molecular complexity index is 1120. The highest BCUT2D eigenvalue weighted by Gasteiger charge is 2.41. The first-order valence-corrected chi connectivity index (χ1v) is 19.1. The van der Waals surface area contributed by atoms with Gasteiger partial charge in [-0.05, 0) is 110 Å². The standard InChI is InChI=1S/C37H62O4Si/c1-13-37(14-2,31-20-21-33(28(4)25-31)40-26-32(39)16-15-23-38)30-19-17-29(27(3)24-30)18-22-34(35(5,6)7)41-42(11,12)36(8,9)10/h17,19-21,24-25,32,34,38-39H,13-16,18,22-23,26H2,1-12H3/t32-,34?/m0/s1. The number of hydrogen-bond acceptors (Lipinski definition) is 4. The fraction of sp³-hybridized carbons (Fsp3) is 0.676. The van der Waals surface area contributed by atoms with Gasteiger partial charge in [0.05, 0.1) is 12.2 Å². The Morgan fingerprint density at radius 1 is 0.833 bits per heavy atom. The molecule has 0 bridgehead atoms. The minimum atomic E-state index is -1.87. The normalized spacial score (nSPS) is 14.6. The minimum Gasteiger partial charge on any atom is -0.491 e. The lowest BCUT2D eigenvalue weighted by atomic mass is 9.69. The molecule has 2 N–H and O–H groups in total. The molecule has 0 saturated heterocycles. The molecular formula is C37H62O4Si. The van der Waals surface area contributed by atoms with Gasteiger partial charge in [-0.15, -0.1) is 0 Å². The van der Waals surface area contributed by atoms with Crippen molar-refractivity contribution in [2.24, 2.45) is 5.41 Å². The van der Waals surface area contributed by atoms with E-state index in [-0.39, 0.29) is 35.2 Å². The highest BCUT2D eigenvalue weighted by molar-refractivity contribution is 6.74. The van der Waals surface area contributed by atoms with Crippen LogP contribution in [0, 0.1) is 19.3 Å². The molecule has 0 heterocycles. The van der Waals surface area contributed by atoms with Gasteiger partial charge in [-0.25, -0.2) is 0 Å². The van der Waals surface area contributed by atoms with E-state index >= 15 is 0 Å². The summed E-state index contributed by atoms with van der Waals surface area (Å²) in [6, 6.07) is 13.6. The summed E-state index contributed by atoms with van der Waals surface area (Å²) in [5.74, 6) is 0.808. The molecule has 5 heteroatoms. The number of hydrogen-bond donors (Lipinski definition) is 2. The van der Waals surface area contributed by atoms with Gasteiger partial charge in [0, 0.05) is 12.0 Å². The van der Waals surface area contributed by atoms with Crippen LogP contribution in [0.15, 0.2) is 36.4 Å². The first kappa shape index (κ1) is 36.5. The summed E-state index contributed by atoms with van der Waals surface area (Å²) in [6.07, 6.45) is 4.84. The molecule has 1 unspecified atom stereocenters. The first-order chi connectivity index (χ1) is 19.4. The lowest BCUT2D eigenvalue weighted by Gasteiger charge is -2.43. The predicted molar refractivity (Wildman–Crippen MR) is 181 cm³/mol. The molecule has 2 aromatic rings. The maximum Gasteiger partial charge on any atom is 0.192 e. The molecule has 0 fully saturated rings. The van der Waals surface area contributed by atoms with E-state index in [4.69, 9.17) is 14.3 Å². The number of aliphatic hydroxyl groups is 2. The van der Waals surface area contributed by atoms with E-state index in [0.29, 0.717) is 12.8 Å². The van der Waals surface area contributed by atoms with Gasteiger partial charge in [0.25, 0.3) is 0 Å². The zero-order valence-corrected chi connectivity index (χ0v) is 30.0. The molecular weight excluding hydrogens is 536 g/mol. The van der Waals surface area contributed by atoms with Gasteiger partial charge in [-0.2, -0.15) is 0 Å². The quantitative estimate of drug-likeness (QED) is 0.201. The van der Waals surface area contributed by atoms with E-state index < -0.39 is 14.4 Å². The van der Waals surface area contributed by atoms with Gasteiger partial charge in [-0.3, -0.25) is 0 Å². The number of rotatable bonds is 15. The maximum absolute atomic E-state index is 10.1. The van der Waals surface area contributed by atoms with Crippen LogP contribution in [-0.2, 0) is 16.3 Å². The summed E-state index contributed by atoms with van der Waals surface area (Å²) in [4.78, 5) is 0. The number of aryl methyl sites for hydroxylation is 3. The predicted octanol–water partition coefficient (Wildman–Crippen LogP) is 9.29. The summed E-state index contributed by atoms with van der Waals surface area (Å²) in [7, 11) is -1.87. The Morgan fingerprint density at radius 3 is 1.88 bits per heavy atom. The number of benzene rings is 2. The zero-order valence-electron chi connectivity index (χ0n) is 29.0. The molecule has 0 aliphatic heterocycles. The first-order valence-electron chi connectivity index (χ1n) is 16.2. The van der Waals surface area contributed by atoms with Crippen molar-refractivity contribution in [3.63, 3.8) is 0 Å². The maximum atomic E-state index is 10.1. The van der Waals surface area contributed by atoms with Crippen molar-refractivity contribution in [3.8, 4) is 5.75 Å². The van der Waals surface area contributed by atoms with Crippen LogP contribution in [-0.4, -0.2) is 44.0 Å². The van der Waals surface area contributed by atoms with E-state index in [1.807, 2.05) is 0 Å². The fourth-order valence-electron chi connectivity index (χ4n) is 5.70. The van der Waals surface area contributed by atoms with Crippen molar-refractivity contribution >= 4 is 8.32 Å². The van der Waals surface area contributed by atoms with Crippen LogP contribution in [0.5, 0.6) is 5.75 Å². The summed E-state index contributed by atoms with van der Waals surface area (Å²) < 4.78 is 12.9. The molecule has 0 aliphatic carbocycles. The molecule has 2 rings (SSSR count). The van der Waals surface area contributed by atoms with Gasteiger partial charge in [0.15, 0.2) is 8.32 Å². The van der Waals surface area contributed by atoms with E-state index in [2.05, 4.69) is 119 Å². The molecule has 0 aliphatic rings. The van der Waals surface area contributed by atoms with Crippen LogP contribution in [0.1, 0.15) is 115 Å². The van der Waals surface area contributed by atoms with E-state index in [0.717, 1.165) is 37.0 Å². The zero-order chi connectivity index (χ0) is 31.9. The van der Waals surface area contributed by atoms with Crippen LogP contribution in [0.25, 0.3) is 0 Å². The van der Waals surface area contributed by atoms with Crippen molar-refractivity contribution in [2.45, 2.75) is 144 Å². The van der Waals surface area contributed by atoms with Crippen LogP contribution in [0.3, 0.4) is 0 Å².